The first-order chi connectivity index (χ1) is 7.70. The second kappa shape index (κ2) is 6.83. The number of carbonyl (C=O) groups excluding carboxylic acids is 1. The van der Waals surface area contributed by atoms with Gasteiger partial charge in [-0.25, -0.2) is 0 Å². The molecule has 0 fully saturated rings. The van der Waals surface area contributed by atoms with E-state index in [4.69, 9.17) is 0 Å². The predicted molar refractivity (Wildman–Crippen MR) is 67.4 cm³/mol. The molecule has 1 aromatic carbocycles. The first-order valence-corrected chi connectivity index (χ1v) is 5.68. The predicted octanol–water partition coefficient (Wildman–Crippen LogP) is 3.02. The van der Waals surface area contributed by atoms with Crippen molar-refractivity contribution in [1.82, 2.24) is 5.32 Å². The summed E-state index contributed by atoms with van der Waals surface area (Å²) >= 11 is 0. The molecule has 0 spiro atoms. The van der Waals surface area contributed by atoms with Gasteiger partial charge in [0.05, 0.1) is 0 Å². The summed E-state index contributed by atoms with van der Waals surface area (Å²) in [4.78, 5) is 11.6. The van der Waals surface area contributed by atoms with Crippen LogP contribution in [0, 0.1) is 5.92 Å². The third-order valence-corrected chi connectivity index (χ3v) is 2.19. The Balaban J connectivity index is 2.29. The minimum absolute atomic E-state index is 0.0187. The molecule has 1 rings (SSSR count). The highest BCUT2D eigenvalue weighted by molar-refractivity contribution is 5.94. The van der Waals surface area contributed by atoms with Crippen molar-refractivity contribution in [3.8, 4) is 0 Å². The zero-order valence-corrected chi connectivity index (χ0v) is 9.94. The third kappa shape index (κ3) is 4.78. The van der Waals surface area contributed by atoms with Crippen LogP contribution in [0.2, 0.25) is 0 Å². The molecule has 0 heterocycles. The molecule has 0 aromatic heterocycles. The van der Waals surface area contributed by atoms with E-state index in [0.717, 1.165) is 6.42 Å². The highest BCUT2D eigenvalue weighted by Crippen LogP contribution is 2.00. The number of allylic oxidation sites excluding steroid dienone is 1. The maximum absolute atomic E-state index is 11.6. The highest BCUT2D eigenvalue weighted by atomic mass is 16.1. The molecule has 0 aliphatic rings. The monoisotopic (exact) mass is 217 g/mol. The van der Waals surface area contributed by atoms with Crippen LogP contribution in [0.25, 0.3) is 0 Å². The van der Waals surface area contributed by atoms with Gasteiger partial charge in [0.1, 0.15) is 0 Å². The van der Waals surface area contributed by atoms with Crippen LogP contribution in [0.5, 0.6) is 0 Å². The molecule has 0 aliphatic heterocycles. The van der Waals surface area contributed by atoms with E-state index in [1.165, 1.54) is 0 Å². The average Bonchev–Trinajstić information content (AvgIpc) is 2.29. The molecule has 2 nitrogen and oxygen atoms in total. The van der Waals surface area contributed by atoms with Crippen LogP contribution in [-0.2, 0) is 0 Å². The third-order valence-electron chi connectivity index (χ3n) is 2.19. The molecular formula is C14H19NO. The van der Waals surface area contributed by atoms with Crippen molar-refractivity contribution in [2.75, 3.05) is 6.54 Å². The van der Waals surface area contributed by atoms with Crippen LogP contribution in [0.4, 0.5) is 0 Å². The molecule has 1 amide bonds. The second-order valence-corrected chi connectivity index (χ2v) is 4.18. The van der Waals surface area contributed by atoms with Gasteiger partial charge in [0.15, 0.2) is 0 Å². The van der Waals surface area contributed by atoms with Crippen molar-refractivity contribution >= 4 is 5.91 Å². The van der Waals surface area contributed by atoms with Crippen LogP contribution in [0.3, 0.4) is 0 Å². The number of carbonyl (C=O) groups is 1. The SMILES string of the molecule is CC(C)CC=CCNC(=O)c1ccccc1. The van der Waals surface area contributed by atoms with Gasteiger partial charge < -0.3 is 5.32 Å². The summed E-state index contributed by atoms with van der Waals surface area (Å²) in [6.45, 7) is 4.94. The van der Waals surface area contributed by atoms with Gasteiger partial charge in [-0.3, -0.25) is 4.79 Å². The molecule has 1 aromatic rings. The first-order valence-electron chi connectivity index (χ1n) is 5.68. The molecular weight excluding hydrogens is 198 g/mol. The first kappa shape index (κ1) is 12.5. The summed E-state index contributed by atoms with van der Waals surface area (Å²) in [6, 6.07) is 9.26. The van der Waals surface area contributed by atoms with Gasteiger partial charge in [0.2, 0.25) is 0 Å². The van der Waals surface area contributed by atoms with E-state index in [2.05, 4.69) is 25.2 Å². The van der Waals surface area contributed by atoms with Crippen LogP contribution >= 0.6 is 0 Å². The van der Waals surface area contributed by atoms with E-state index < -0.39 is 0 Å². The Morgan fingerprint density at radius 2 is 1.94 bits per heavy atom. The van der Waals surface area contributed by atoms with Gasteiger partial charge in [-0.15, -0.1) is 0 Å². The average molecular weight is 217 g/mol. The van der Waals surface area contributed by atoms with Crippen molar-refractivity contribution in [2.24, 2.45) is 5.92 Å². The van der Waals surface area contributed by atoms with E-state index in [0.29, 0.717) is 18.0 Å². The van der Waals surface area contributed by atoms with E-state index in [9.17, 15) is 4.79 Å². The summed E-state index contributed by atoms with van der Waals surface area (Å²) < 4.78 is 0. The van der Waals surface area contributed by atoms with E-state index >= 15 is 0 Å². The lowest BCUT2D eigenvalue weighted by atomic mass is 10.1. The molecule has 0 radical (unpaired) electrons. The Morgan fingerprint density at radius 3 is 2.56 bits per heavy atom. The quantitative estimate of drug-likeness (QED) is 0.755. The minimum Gasteiger partial charge on any atom is -0.349 e. The summed E-state index contributed by atoms with van der Waals surface area (Å²) in [5.74, 6) is 0.649. The molecule has 0 saturated heterocycles. The fourth-order valence-electron chi connectivity index (χ4n) is 1.29. The van der Waals surface area contributed by atoms with E-state index in [1.807, 2.05) is 36.4 Å². The van der Waals surface area contributed by atoms with Crippen molar-refractivity contribution < 1.29 is 4.79 Å². The van der Waals surface area contributed by atoms with Crippen LogP contribution in [-0.4, -0.2) is 12.5 Å². The number of rotatable bonds is 5. The Morgan fingerprint density at radius 1 is 1.25 bits per heavy atom. The summed E-state index contributed by atoms with van der Waals surface area (Å²) in [7, 11) is 0. The zero-order valence-electron chi connectivity index (χ0n) is 9.94. The smallest absolute Gasteiger partial charge is 0.251 e. The van der Waals surface area contributed by atoms with Gasteiger partial charge >= 0.3 is 0 Å². The molecule has 86 valence electrons. The van der Waals surface area contributed by atoms with Crippen molar-refractivity contribution in [3.05, 3.63) is 48.0 Å². The molecule has 0 atom stereocenters. The highest BCUT2D eigenvalue weighted by Gasteiger charge is 2.00. The summed E-state index contributed by atoms with van der Waals surface area (Å²) in [6.07, 6.45) is 5.16. The standard InChI is InChI=1S/C14H19NO/c1-12(2)8-6-7-11-15-14(16)13-9-4-3-5-10-13/h3-7,9-10,12H,8,11H2,1-2H3,(H,15,16). The molecule has 16 heavy (non-hydrogen) atoms. The van der Waals surface area contributed by atoms with Crippen LogP contribution in [0.15, 0.2) is 42.5 Å². The number of hydrogen-bond acceptors (Lipinski definition) is 1. The van der Waals surface area contributed by atoms with Gasteiger partial charge in [-0.2, -0.15) is 0 Å². The Kier molecular flexibility index (Phi) is 5.34. The van der Waals surface area contributed by atoms with Crippen molar-refractivity contribution in [2.45, 2.75) is 20.3 Å². The molecule has 0 saturated carbocycles. The lowest BCUT2D eigenvalue weighted by Crippen LogP contribution is -2.23. The number of amides is 1. The van der Waals surface area contributed by atoms with E-state index in [1.54, 1.807) is 0 Å². The fourth-order valence-corrected chi connectivity index (χ4v) is 1.29. The van der Waals surface area contributed by atoms with Crippen molar-refractivity contribution in [3.63, 3.8) is 0 Å². The molecule has 2 heteroatoms. The fraction of sp³-hybridized carbons (Fsp3) is 0.357. The maximum atomic E-state index is 11.6. The molecule has 0 aliphatic carbocycles. The largest absolute Gasteiger partial charge is 0.349 e. The summed E-state index contributed by atoms with van der Waals surface area (Å²) in [5.41, 5.74) is 0.708. The Hall–Kier alpha value is -1.57. The molecule has 0 bridgehead atoms. The van der Waals surface area contributed by atoms with Crippen LogP contribution in [0.1, 0.15) is 30.6 Å². The van der Waals surface area contributed by atoms with Crippen LogP contribution < -0.4 is 5.32 Å². The van der Waals surface area contributed by atoms with E-state index in [-0.39, 0.29) is 5.91 Å². The topological polar surface area (TPSA) is 29.1 Å². The second-order valence-electron chi connectivity index (χ2n) is 4.18. The van der Waals surface area contributed by atoms with Gasteiger partial charge in [-0.1, -0.05) is 44.2 Å². The number of nitrogens with one attached hydrogen (secondary N) is 1. The van der Waals surface area contributed by atoms with Gasteiger partial charge in [0, 0.05) is 12.1 Å². The number of benzene rings is 1. The Labute approximate surface area is 97.4 Å². The Bertz CT molecular complexity index is 341. The lowest BCUT2D eigenvalue weighted by molar-refractivity contribution is 0.0958. The minimum atomic E-state index is -0.0187. The normalized spacial score (nSPS) is 10.9. The van der Waals surface area contributed by atoms with Gasteiger partial charge in [0.25, 0.3) is 5.91 Å². The van der Waals surface area contributed by atoms with Crippen molar-refractivity contribution in [1.29, 1.82) is 0 Å². The number of hydrogen-bond donors (Lipinski definition) is 1. The summed E-state index contributed by atoms with van der Waals surface area (Å²) in [5, 5.41) is 2.85. The lowest BCUT2D eigenvalue weighted by Gasteiger charge is -2.02. The molecule has 0 unspecified atom stereocenters. The maximum Gasteiger partial charge on any atom is 0.251 e. The van der Waals surface area contributed by atoms with Gasteiger partial charge in [-0.05, 0) is 24.5 Å². The molecule has 1 N–H and O–H groups in total. The zero-order chi connectivity index (χ0) is 11.8.